The molecule has 1 aromatic rings. The number of carbonyl (C=O) groups is 2. The van der Waals surface area contributed by atoms with Gasteiger partial charge < -0.3 is 14.4 Å². The fourth-order valence-electron chi connectivity index (χ4n) is 1.87. The molecule has 0 spiro atoms. The van der Waals surface area contributed by atoms with Gasteiger partial charge in [-0.15, -0.1) is 0 Å². The molecule has 124 valence electrons. The number of carboxylic acids is 1. The summed E-state index contributed by atoms with van der Waals surface area (Å²) in [6, 6.07) is 0.921. The number of hydrogen-bond donors (Lipinski definition) is 2. The fourth-order valence-corrected chi connectivity index (χ4v) is 2.57. The molecule has 0 saturated carbocycles. The van der Waals surface area contributed by atoms with Gasteiger partial charge in [-0.2, -0.15) is 0 Å². The van der Waals surface area contributed by atoms with Crippen LogP contribution in [0.5, 0.6) is 0 Å². The van der Waals surface area contributed by atoms with E-state index in [1.807, 2.05) is 0 Å². The minimum atomic E-state index is -3.79. The number of aryl methyl sites for hydroxylation is 1. The second kappa shape index (κ2) is 6.93. The quantitative estimate of drug-likeness (QED) is 0.763. The zero-order valence-electron chi connectivity index (χ0n) is 12.9. The lowest BCUT2D eigenvalue weighted by Crippen LogP contribution is -2.38. The van der Waals surface area contributed by atoms with Crippen molar-refractivity contribution >= 4 is 21.9 Å². The lowest BCUT2D eigenvalue weighted by atomic mass is 10.2. The summed E-state index contributed by atoms with van der Waals surface area (Å²) in [6.45, 7) is 5.02. The van der Waals surface area contributed by atoms with Gasteiger partial charge in [0, 0.05) is 18.7 Å². The monoisotopic (exact) mass is 332 g/mol. The third-order valence-corrected chi connectivity index (χ3v) is 4.38. The number of nitrogens with one attached hydrogen (secondary N) is 1. The molecule has 0 aromatic carbocycles. The molecule has 0 radical (unpaired) electrons. The standard InChI is InChI=1S/C13H20N2O6S/c1-8(2)15(6-5-11(16)17)13(18)10-7-12(21-9(10)3)22(19,20)14-4/h7-8,14H,5-6H2,1-4H3,(H,16,17). The normalized spacial score (nSPS) is 11.7. The largest absolute Gasteiger partial charge is 0.481 e. The molecule has 0 aliphatic carbocycles. The van der Waals surface area contributed by atoms with E-state index in [9.17, 15) is 18.0 Å². The predicted octanol–water partition coefficient (Wildman–Crippen LogP) is 0.821. The smallest absolute Gasteiger partial charge is 0.305 e. The van der Waals surface area contributed by atoms with Gasteiger partial charge in [-0.3, -0.25) is 9.59 Å². The van der Waals surface area contributed by atoms with Gasteiger partial charge in [0.25, 0.3) is 15.9 Å². The summed E-state index contributed by atoms with van der Waals surface area (Å²) < 4.78 is 30.6. The fraction of sp³-hybridized carbons (Fsp3) is 0.538. The Labute approximate surface area is 129 Å². The van der Waals surface area contributed by atoms with Crippen LogP contribution in [-0.4, -0.2) is 49.9 Å². The first-order valence-electron chi connectivity index (χ1n) is 6.67. The molecule has 0 aliphatic rings. The van der Waals surface area contributed by atoms with Gasteiger partial charge in [0.1, 0.15) is 5.76 Å². The Morgan fingerprint density at radius 1 is 1.41 bits per heavy atom. The summed E-state index contributed by atoms with van der Waals surface area (Å²) in [7, 11) is -2.55. The summed E-state index contributed by atoms with van der Waals surface area (Å²) in [6.07, 6.45) is -0.192. The van der Waals surface area contributed by atoms with Crippen LogP contribution in [0.3, 0.4) is 0 Å². The maximum Gasteiger partial charge on any atom is 0.305 e. The molecular weight excluding hydrogens is 312 g/mol. The van der Waals surface area contributed by atoms with Crippen LogP contribution >= 0.6 is 0 Å². The average Bonchev–Trinajstić information content (AvgIpc) is 2.80. The van der Waals surface area contributed by atoms with E-state index in [1.165, 1.54) is 18.9 Å². The van der Waals surface area contributed by atoms with Crippen LogP contribution < -0.4 is 4.72 Å². The molecular formula is C13H20N2O6S. The van der Waals surface area contributed by atoms with E-state index in [2.05, 4.69) is 4.72 Å². The van der Waals surface area contributed by atoms with Crippen LogP contribution in [0.4, 0.5) is 0 Å². The summed E-state index contributed by atoms with van der Waals surface area (Å²) >= 11 is 0. The predicted molar refractivity (Wildman–Crippen MR) is 78.1 cm³/mol. The molecule has 1 rings (SSSR count). The summed E-state index contributed by atoms with van der Waals surface area (Å²) in [5, 5.41) is 8.40. The highest BCUT2D eigenvalue weighted by molar-refractivity contribution is 7.89. The number of nitrogens with zero attached hydrogens (tertiary/aromatic N) is 1. The van der Waals surface area contributed by atoms with Crippen molar-refractivity contribution in [3.05, 3.63) is 17.4 Å². The highest BCUT2D eigenvalue weighted by Gasteiger charge is 2.27. The van der Waals surface area contributed by atoms with E-state index in [0.29, 0.717) is 0 Å². The summed E-state index contributed by atoms with van der Waals surface area (Å²) in [5.41, 5.74) is 0.105. The van der Waals surface area contributed by atoms with Crippen molar-refractivity contribution in [3.8, 4) is 0 Å². The molecule has 2 N–H and O–H groups in total. The molecule has 0 atom stereocenters. The number of carboxylic acid groups (broad SMARTS) is 1. The van der Waals surface area contributed by atoms with E-state index in [-0.39, 0.29) is 35.4 Å². The third-order valence-electron chi connectivity index (χ3n) is 3.11. The number of furan rings is 1. The van der Waals surface area contributed by atoms with Crippen molar-refractivity contribution in [1.29, 1.82) is 0 Å². The second-order valence-electron chi connectivity index (χ2n) is 4.98. The summed E-state index contributed by atoms with van der Waals surface area (Å²) in [4.78, 5) is 24.6. The topological polar surface area (TPSA) is 117 Å². The molecule has 1 amide bonds. The van der Waals surface area contributed by atoms with E-state index in [0.717, 1.165) is 6.07 Å². The maximum atomic E-state index is 12.5. The van der Waals surface area contributed by atoms with Crippen LogP contribution in [0.25, 0.3) is 0 Å². The van der Waals surface area contributed by atoms with Gasteiger partial charge in [0.15, 0.2) is 0 Å². The Kier molecular flexibility index (Phi) is 5.72. The second-order valence-corrected chi connectivity index (χ2v) is 6.80. The minimum absolute atomic E-state index is 0.0323. The maximum absolute atomic E-state index is 12.5. The van der Waals surface area contributed by atoms with Crippen molar-refractivity contribution in [2.75, 3.05) is 13.6 Å². The highest BCUT2D eigenvalue weighted by Crippen LogP contribution is 2.21. The molecule has 8 nitrogen and oxygen atoms in total. The number of rotatable bonds is 7. The van der Waals surface area contributed by atoms with Crippen molar-refractivity contribution in [2.24, 2.45) is 0 Å². The van der Waals surface area contributed by atoms with Crippen LogP contribution in [-0.2, 0) is 14.8 Å². The van der Waals surface area contributed by atoms with Gasteiger partial charge in [0.05, 0.1) is 12.0 Å². The van der Waals surface area contributed by atoms with Crippen LogP contribution in [0.2, 0.25) is 0 Å². The Bertz CT molecular complexity index is 662. The van der Waals surface area contributed by atoms with Gasteiger partial charge in [-0.1, -0.05) is 0 Å². The van der Waals surface area contributed by atoms with Gasteiger partial charge in [-0.25, -0.2) is 13.1 Å². The first kappa shape index (κ1) is 18.2. The van der Waals surface area contributed by atoms with Crippen molar-refractivity contribution in [1.82, 2.24) is 9.62 Å². The zero-order chi connectivity index (χ0) is 17.1. The molecule has 0 saturated heterocycles. The lowest BCUT2D eigenvalue weighted by Gasteiger charge is -2.25. The van der Waals surface area contributed by atoms with Crippen LogP contribution in [0, 0.1) is 6.92 Å². The Morgan fingerprint density at radius 3 is 2.45 bits per heavy atom. The zero-order valence-corrected chi connectivity index (χ0v) is 13.7. The van der Waals surface area contributed by atoms with E-state index >= 15 is 0 Å². The molecule has 0 aliphatic heterocycles. The minimum Gasteiger partial charge on any atom is -0.481 e. The number of sulfonamides is 1. The van der Waals surface area contributed by atoms with E-state index in [4.69, 9.17) is 9.52 Å². The molecule has 1 aromatic heterocycles. The van der Waals surface area contributed by atoms with Crippen molar-refractivity contribution in [3.63, 3.8) is 0 Å². The first-order valence-corrected chi connectivity index (χ1v) is 8.15. The average molecular weight is 332 g/mol. The van der Waals surface area contributed by atoms with Crippen LogP contribution in [0.1, 0.15) is 36.4 Å². The third kappa shape index (κ3) is 4.08. The lowest BCUT2D eigenvalue weighted by molar-refractivity contribution is -0.137. The molecule has 0 fully saturated rings. The Hall–Kier alpha value is -1.87. The SMILES string of the molecule is CNS(=O)(=O)c1cc(C(=O)N(CCC(=O)O)C(C)C)c(C)o1. The summed E-state index contributed by atoms with van der Waals surface area (Å²) in [5.74, 6) is -1.31. The molecule has 0 unspecified atom stereocenters. The number of hydrogen-bond acceptors (Lipinski definition) is 5. The Balaban J connectivity index is 3.12. The number of carbonyl (C=O) groups excluding carboxylic acids is 1. The van der Waals surface area contributed by atoms with Gasteiger partial charge in [-0.05, 0) is 27.8 Å². The van der Waals surface area contributed by atoms with Crippen LogP contribution in [0.15, 0.2) is 15.6 Å². The number of amides is 1. The van der Waals surface area contributed by atoms with Crippen molar-refractivity contribution < 1.29 is 27.5 Å². The van der Waals surface area contributed by atoms with E-state index < -0.39 is 21.9 Å². The molecule has 1 heterocycles. The Morgan fingerprint density at radius 2 is 2.00 bits per heavy atom. The molecule has 9 heteroatoms. The molecule has 22 heavy (non-hydrogen) atoms. The highest BCUT2D eigenvalue weighted by atomic mass is 32.2. The van der Waals surface area contributed by atoms with Gasteiger partial charge in [0.2, 0.25) is 5.09 Å². The van der Waals surface area contributed by atoms with E-state index in [1.54, 1.807) is 13.8 Å². The first-order chi connectivity index (χ1) is 10.1. The van der Waals surface area contributed by atoms with Crippen molar-refractivity contribution in [2.45, 2.75) is 38.3 Å². The van der Waals surface area contributed by atoms with Gasteiger partial charge >= 0.3 is 5.97 Å². The number of aliphatic carboxylic acids is 1. The molecule has 0 bridgehead atoms.